The molecule has 1 rings (SSSR count). The third-order valence-corrected chi connectivity index (χ3v) is 2.07. The fourth-order valence-corrected chi connectivity index (χ4v) is 1.29. The molecule has 0 amide bonds. The van der Waals surface area contributed by atoms with E-state index >= 15 is 0 Å². The highest BCUT2D eigenvalue weighted by molar-refractivity contribution is 6.11. The molecule has 4 nitrogen and oxygen atoms in total. The van der Waals surface area contributed by atoms with Crippen molar-refractivity contribution in [3.8, 4) is 0 Å². The van der Waals surface area contributed by atoms with E-state index in [2.05, 4.69) is 0 Å². The molecule has 1 N–H and O–H groups in total. The van der Waals surface area contributed by atoms with E-state index < -0.39 is 18.2 Å². The predicted octanol–water partition coefficient (Wildman–Crippen LogP) is -1.10. The van der Waals surface area contributed by atoms with Crippen LogP contribution in [0.2, 0.25) is 0 Å². The normalized spacial score (nSPS) is 42.9. The first-order chi connectivity index (χ1) is 5.70. The summed E-state index contributed by atoms with van der Waals surface area (Å²) < 4.78 is 15.1. The zero-order valence-electron chi connectivity index (χ0n) is 7.27. The number of hydrogen-bond donors (Lipinski definition) is 1. The third kappa shape index (κ3) is 1.80. The number of aliphatic hydroxyl groups excluding tert-OH is 1. The first kappa shape index (κ1) is 9.99. The summed E-state index contributed by atoms with van der Waals surface area (Å²) >= 11 is 0. The van der Waals surface area contributed by atoms with E-state index in [0.29, 0.717) is 6.61 Å². The van der Waals surface area contributed by atoms with Crippen molar-refractivity contribution in [3.63, 3.8) is 0 Å². The molecule has 0 aromatic carbocycles. The van der Waals surface area contributed by atoms with E-state index in [-0.39, 0.29) is 6.10 Å². The molecular weight excluding hydrogens is 159 g/mol. The lowest BCUT2D eigenvalue weighted by Crippen LogP contribution is -2.54. The van der Waals surface area contributed by atoms with Crippen LogP contribution in [0.25, 0.3) is 0 Å². The molecule has 1 aliphatic heterocycles. The highest BCUT2D eigenvalue weighted by Gasteiger charge is 2.37. The van der Waals surface area contributed by atoms with Crippen molar-refractivity contribution in [1.29, 1.82) is 0 Å². The van der Waals surface area contributed by atoms with Crippen LogP contribution in [0.3, 0.4) is 0 Å². The summed E-state index contributed by atoms with van der Waals surface area (Å²) in [6, 6.07) is -0.573. The van der Waals surface area contributed by atoms with E-state index in [9.17, 15) is 5.11 Å². The highest BCUT2D eigenvalue weighted by Crippen LogP contribution is 2.17. The van der Waals surface area contributed by atoms with E-state index in [0.717, 1.165) is 0 Å². The Kier molecular flexibility index (Phi) is 3.52. The first-order valence-electron chi connectivity index (χ1n) is 3.81. The van der Waals surface area contributed by atoms with Gasteiger partial charge in [-0.1, -0.05) is 0 Å². The van der Waals surface area contributed by atoms with Gasteiger partial charge in [-0.2, -0.15) is 0 Å². The molecule has 5 heteroatoms. The monoisotopic (exact) mass is 172 g/mol. The number of rotatable bonds is 2. The number of ether oxygens (including phenoxy) is 3. The van der Waals surface area contributed by atoms with Crippen LogP contribution in [-0.4, -0.2) is 58.1 Å². The molecule has 0 spiro atoms. The van der Waals surface area contributed by atoms with Crippen LogP contribution in [0.4, 0.5) is 0 Å². The molecule has 0 aromatic heterocycles. The third-order valence-electron chi connectivity index (χ3n) is 2.07. The maximum absolute atomic E-state index is 9.59. The van der Waals surface area contributed by atoms with Crippen LogP contribution in [0.1, 0.15) is 0 Å². The smallest absolute Gasteiger partial charge is 0.112 e. The molecular formula is C7H13BO4. The number of hydrogen-bond acceptors (Lipinski definition) is 4. The lowest BCUT2D eigenvalue weighted by atomic mass is 9.87. The second kappa shape index (κ2) is 4.23. The Bertz CT molecular complexity index is 143. The molecule has 0 aromatic rings. The van der Waals surface area contributed by atoms with Gasteiger partial charge >= 0.3 is 0 Å². The predicted molar refractivity (Wildman–Crippen MR) is 43.1 cm³/mol. The van der Waals surface area contributed by atoms with Crippen molar-refractivity contribution in [2.45, 2.75) is 24.3 Å². The molecule has 12 heavy (non-hydrogen) atoms. The lowest BCUT2D eigenvalue weighted by Gasteiger charge is -2.37. The molecule has 0 bridgehead atoms. The second-order valence-electron chi connectivity index (χ2n) is 2.76. The molecule has 0 saturated carbocycles. The minimum Gasteiger partial charge on any atom is -0.388 e. The average Bonchev–Trinajstić information content (AvgIpc) is 2.06. The summed E-state index contributed by atoms with van der Waals surface area (Å²) in [5.74, 6) is 0. The maximum atomic E-state index is 9.59. The molecule has 2 radical (unpaired) electrons. The Labute approximate surface area is 73.2 Å². The average molecular weight is 172 g/mol. The Morgan fingerprint density at radius 3 is 2.58 bits per heavy atom. The van der Waals surface area contributed by atoms with Crippen LogP contribution in [0.15, 0.2) is 0 Å². The summed E-state index contributed by atoms with van der Waals surface area (Å²) in [6.07, 6.45) is -1.58. The van der Waals surface area contributed by atoms with Gasteiger partial charge in [-0.3, -0.25) is 0 Å². The summed E-state index contributed by atoms with van der Waals surface area (Å²) in [7, 11) is 8.53. The van der Waals surface area contributed by atoms with Crippen molar-refractivity contribution >= 4 is 7.85 Å². The summed E-state index contributed by atoms with van der Waals surface area (Å²) in [5, 5.41) is 9.59. The summed E-state index contributed by atoms with van der Waals surface area (Å²) in [6.45, 7) is 0.304. The SMILES string of the molecule is [B]C1OC[C@H](OC)[C@H](O)[C@H]1OC. The number of aliphatic hydroxyl groups is 1. The zero-order valence-corrected chi connectivity index (χ0v) is 7.27. The maximum Gasteiger partial charge on any atom is 0.112 e. The quantitative estimate of drug-likeness (QED) is 0.537. The van der Waals surface area contributed by atoms with E-state index in [1.807, 2.05) is 0 Å². The molecule has 1 saturated heterocycles. The fourth-order valence-electron chi connectivity index (χ4n) is 1.29. The van der Waals surface area contributed by atoms with Gasteiger partial charge < -0.3 is 19.3 Å². The van der Waals surface area contributed by atoms with E-state index in [1.165, 1.54) is 14.2 Å². The van der Waals surface area contributed by atoms with Gasteiger partial charge in [-0.05, 0) is 0 Å². The van der Waals surface area contributed by atoms with Gasteiger partial charge in [-0.15, -0.1) is 0 Å². The van der Waals surface area contributed by atoms with Gasteiger partial charge in [0.25, 0.3) is 0 Å². The van der Waals surface area contributed by atoms with Crippen LogP contribution in [0, 0.1) is 0 Å². The molecule has 68 valence electrons. The Morgan fingerprint density at radius 1 is 1.42 bits per heavy atom. The van der Waals surface area contributed by atoms with Gasteiger partial charge in [0.05, 0.1) is 6.61 Å². The molecule has 0 aliphatic carbocycles. The van der Waals surface area contributed by atoms with Crippen molar-refractivity contribution in [3.05, 3.63) is 0 Å². The van der Waals surface area contributed by atoms with Crippen molar-refractivity contribution < 1.29 is 19.3 Å². The minimum atomic E-state index is -0.719. The van der Waals surface area contributed by atoms with E-state index in [1.54, 1.807) is 0 Å². The van der Waals surface area contributed by atoms with Crippen LogP contribution in [0.5, 0.6) is 0 Å². The van der Waals surface area contributed by atoms with Gasteiger partial charge in [0.15, 0.2) is 0 Å². The van der Waals surface area contributed by atoms with Crippen molar-refractivity contribution in [2.24, 2.45) is 0 Å². The highest BCUT2D eigenvalue weighted by atomic mass is 16.6. The van der Waals surface area contributed by atoms with Gasteiger partial charge in [-0.25, -0.2) is 0 Å². The standard InChI is InChI=1S/C7H13BO4/c1-10-4-3-12-7(8)6(11-2)5(4)9/h4-7,9H,3H2,1-2H3/t4-,5-,6+,7?/m0/s1. The van der Waals surface area contributed by atoms with E-state index in [4.69, 9.17) is 22.1 Å². The Balaban J connectivity index is 2.56. The van der Waals surface area contributed by atoms with Crippen molar-refractivity contribution in [1.82, 2.24) is 0 Å². The van der Waals surface area contributed by atoms with Gasteiger partial charge in [0.2, 0.25) is 0 Å². The largest absolute Gasteiger partial charge is 0.388 e. The van der Waals surface area contributed by atoms with Crippen LogP contribution < -0.4 is 0 Å². The molecule has 1 heterocycles. The van der Waals surface area contributed by atoms with Crippen LogP contribution >= 0.6 is 0 Å². The van der Waals surface area contributed by atoms with Crippen molar-refractivity contribution in [2.75, 3.05) is 20.8 Å². The summed E-state index contributed by atoms with van der Waals surface area (Å²) in [5.41, 5.74) is 0. The second-order valence-corrected chi connectivity index (χ2v) is 2.76. The topological polar surface area (TPSA) is 47.9 Å². The lowest BCUT2D eigenvalue weighted by molar-refractivity contribution is -0.182. The molecule has 4 atom stereocenters. The molecule has 1 aliphatic rings. The first-order valence-corrected chi connectivity index (χ1v) is 3.81. The van der Waals surface area contributed by atoms with Gasteiger partial charge in [0, 0.05) is 20.2 Å². The minimum absolute atomic E-state index is 0.304. The Morgan fingerprint density at radius 2 is 2.08 bits per heavy atom. The number of methoxy groups -OCH3 is 2. The van der Waals surface area contributed by atoms with Crippen LogP contribution in [-0.2, 0) is 14.2 Å². The zero-order chi connectivity index (χ0) is 9.14. The molecule has 1 fully saturated rings. The Hall–Kier alpha value is -0.0951. The molecule has 1 unspecified atom stereocenters. The van der Waals surface area contributed by atoms with Gasteiger partial charge in [0.1, 0.15) is 26.2 Å². The fraction of sp³-hybridized carbons (Fsp3) is 1.00. The summed E-state index contributed by atoms with van der Waals surface area (Å²) in [4.78, 5) is 0.